The molecule has 0 bridgehead atoms. The zero-order valence-corrected chi connectivity index (χ0v) is 18.5. The summed E-state index contributed by atoms with van der Waals surface area (Å²) < 4.78 is 13.3. The van der Waals surface area contributed by atoms with Gasteiger partial charge in [-0.25, -0.2) is 4.98 Å². The van der Waals surface area contributed by atoms with E-state index in [9.17, 15) is 4.79 Å². The molecule has 1 aromatic carbocycles. The zero-order chi connectivity index (χ0) is 21.8. The van der Waals surface area contributed by atoms with Crippen molar-refractivity contribution in [2.75, 3.05) is 47.4 Å². The molecule has 7 heteroatoms. The number of aromatic nitrogens is 2. The molecule has 0 atom stereocenters. The quantitative estimate of drug-likeness (QED) is 0.585. The lowest BCUT2D eigenvalue weighted by Gasteiger charge is -2.31. The van der Waals surface area contributed by atoms with E-state index in [1.54, 1.807) is 32.3 Å². The third-order valence-corrected chi connectivity index (χ3v) is 5.76. The van der Waals surface area contributed by atoms with Crippen molar-refractivity contribution in [1.82, 2.24) is 19.4 Å². The number of pyridine rings is 1. The third kappa shape index (κ3) is 4.89. The van der Waals surface area contributed by atoms with Crippen LogP contribution in [0.3, 0.4) is 0 Å². The van der Waals surface area contributed by atoms with Crippen molar-refractivity contribution in [2.24, 2.45) is 0 Å². The second-order valence-corrected chi connectivity index (χ2v) is 8.16. The Labute approximate surface area is 183 Å². The molecule has 164 valence electrons. The maximum Gasteiger partial charge on any atom is 0.253 e. The fraction of sp³-hybridized carbons (Fsp3) is 0.417. The normalized spacial score (nSPS) is 15.3. The van der Waals surface area contributed by atoms with Crippen LogP contribution >= 0.6 is 0 Å². The molecule has 31 heavy (non-hydrogen) atoms. The van der Waals surface area contributed by atoms with Crippen molar-refractivity contribution in [3.8, 4) is 11.6 Å². The minimum absolute atomic E-state index is 0.00110. The van der Waals surface area contributed by atoms with E-state index in [-0.39, 0.29) is 12.0 Å². The second kappa shape index (κ2) is 9.49. The molecule has 1 aliphatic heterocycles. The summed E-state index contributed by atoms with van der Waals surface area (Å²) in [5, 5.41) is 1.01. The van der Waals surface area contributed by atoms with Gasteiger partial charge in [-0.3, -0.25) is 4.79 Å². The number of piperidine rings is 1. The molecule has 0 unspecified atom stereocenters. The topological polar surface area (TPSA) is 59.8 Å². The summed E-state index contributed by atoms with van der Waals surface area (Å²) in [6.07, 6.45) is 6.03. The van der Waals surface area contributed by atoms with Crippen LogP contribution in [0.5, 0.6) is 5.75 Å². The summed E-state index contributed by atoms with van der Waals surface area (Å²) in [6.45, 7) is 3.83. The first-order valence-electron chi connectivity index (χ1n) is 10.7. The van der Waals surface area contributed by atoms with Crippen molar-refractivity contribution in [1.29, 1.82) is 0 Å². The van der Waals surface area contributed by atoms with E-state index >= 15 is 0 Å². The Kier molecular flexibility index (Phi) is 6.53. The van der Waals surface area contributed by atoms with Crippen LogP contribution in [-0.2, 0) is 4.74 Å². The number of carbonyl (C=O) groups is 1. The first-order valence-corrected chi connectivity index (χ1v) is 10.7. The summed E-state index contributed by atoms with van der Waals surface area (Å²) in [7, 11) is 5.26. The summed E-state index contributed by atoms with van der Waals surface area (Å²) in [6, 6.07) is 11.7. The van der Waals surface area contributed by atoms with E-state index in [0.717, 1.165) is 61.6 Å². The van der Waals surface area contributed by atoms with E-state index < -0.39 is 0 Å². The smallest absolute Gasteiger partial charge is 0.253 e. The van der Waals surface area contributed by atoms with Crippen LogP contribution < -0.4 is 4.74 Å². The van der Waals surface area contributed by atoms with E-state index in [1.807, 2.05) is 47.2 Å². The van der Waals surface area contributed by atoms with E-state index in [1.165, 1.54) is 0 Å². The van der Waals surface area contributed by atoms with Gasteiger partial charge in [-0.1, -0.05) is 0 Å². The Balaban J connectivity index is 1.41. The van der Waals surface area contributed by atoms with Crippen molar-refractivity contribution < 1.29 is 14.3 Å². The lowest BCUT2D eigenvalue weighted by molar-refractivity contribution is 0.0795. The number of hydrogen-bond donors (Lipinski definition) is 0. The van der Waals surface area contributed by atoms with Crippen LogP contribution in [0.1, 0.15) is 23.2 Å². The van der Waals surface area contributed by atoms with Crippen LogP contribution in [0.15, 0.2) is 48.8 Å². The molecule has 0 spiro atoms. The molecule has 1 saturated heterocycles. The summed E-state index contributed by atoms with van der Waals surface area (Å²) in [5.41, 5.74) is 1.69. The molecule has 4 rings (SSSR count). The average molecular weight is 423 g/mol. The summed E-state index contributed by atoms with van der Waals surface area (Å²) in [5.74, 6) is 1.62. The highest BCUT2D eigenvalue weighted by Crippen LogP contribution is 2.23. The zero-order valence-electron chi connectivity index (χ0n) is 18.5. The first kappa shape index (κ1) is 21.3. The van der Waals surface area contributed by atoms with Gasteiger partial charge in [0.25, 0.3) is 5.91 Å². The lowest BCUT2D eigenvalue weighted by Crippen LogP contribution is -2.39. The summed E-state index contributed by atoms with van der Waals surface area (Å²) in [4.78, 5) is 20.8. The van der Waals surface area contributed by atoms with E-state index in [2.05, 4.69) is 9.88 Å². The molecule has 0 aliphatic carbocycles. The van der Waals surface area contributed by atoms with Crippen molar-refractivity contribution in [2.45, 2.75) is 18.9 Å². The third-order valence-electron chi connectivity index (χ3n) is 5.76. The minimum Gasteiger partial charge on any atom is -0.489 e. The highest BCUT2D eigenvalue weighted by molar-refractivity contribution is 5.98. The van der Waals surface area contributed by atoms with Gasteiger partial charge in [0.1, 0.15) is 17.7 Å². The van der Waals surface area contributed by atoms with Gasteiger partial charge < -0.3 is 23.8 Å². The molecular weight excluding hydrogens is 392 g/mol. The van der Waals surface area contributed by atoms with Crippen molar-refractivity contribution in [3.63, 3.8) is 0 Å². The Morgan fingerprint density at radius 2 is 1.97 bits per heavy atom. The Morgan fingerprint density at radius 3 is 2.65 bits per heavy atom. The predicted octanol–water partition coefficient (Wildman–Crippen LogP) is 3.22. The largest absolute Gasteiger partial charge is 0.489 e. The molecule has 1 aliphatic rings. The van der Waals surface area contributed by atoms with E-state index in [4.69, 9.17) is 9.47 Å². The standard InChI is InChI=1S/C24H30N4O3/c1-26(2)24(29)19-4-6-22-18(16-19)8-13-28(22)23-7-5-21(17-25-23)31-20-9-11-27(12-10-20)14-15-30-3/h4-8,13,16-17,20H,9-12,14-15H2,1-3H3. The number of methoxy groups -OCH3 is 1. The minimum atomic E-state index is -0.00110. The molecule has 3 aromatic rings. The lowest BCUT2D eigenvalue weighted by atomic mass is 10.1. The molecule has 0 radical (unpaired) electrons. The monoisotopic (exact) mass is 422 g/mol. The van der Waals surface area contributed by atoms with Crippen LogP contribution in [0.4, 0.5) is 0 Å². The van der Waals surface area contributed by atoms with Gasteiger partial charge in [-0.15, -0.1) is 0 Å². The number of benzene rings is 1. The molecular formula is C24H30N4O3. The van der Waals surface area contributed by atoms with Gasteiger partial charge in [0, 0.05) is 58.0 Å². The Bertz CT molecular complexity index is 1020. The highest BCUT2D eigenvalue weighted by Gasteiger charge is 2.20. The molecule has 1 fully saturated rings. The summed E-state index contributed by atoms with van der Waals surface area (Å²) >= 11 is 0. The SMILES string of the molecule is COCCN1CCC(Oc2ccc(-n3ccc4cc(C(=O)N(C)C)ccc43)nc2)CC1. The van der Waals surface area contributed by atoms with Crippen molar-refractivity contribution >= 4 is 16.8 Å². The number of amides is 1. The van der Waals surface area contributed by atoms with Crippen LogP contribution in [-0.4, -0.2) is 78.8 Å². The molecule has 1 amide bonds. The van der Waals surface area contributed by atoms with Gasteiger partial charge in [0.05, 0.1) is 18.3 Å². The molecule has 3 heterocycles. The average Bonchev–Trinajstić information content (AvgIpc) is 3.22. The number of hydrogen-bond acceptors (Lipinski definition) is 5. The maximum atomic E-state index is 12.2. The van der Waals surface area contributed by atoms with Crippen LogP contribution in [0, 0.1) is 0 Å². The van der Waals surface area contributed by atoms with Gasteiger partial charge in [0.2, 0.25) is 0 Å². The van der Waals surface area contributed by atoms with Crippen LogP contribution in [0.2, 0.25) is 0 Å². The van der Waals surface area contributed by atoms with Crippen LogP contribution in [0.25, 0.3) is 16.7 Å². The van der Waals surface area contributed by atoms with Gasteiger partial charge >= 0.3 is 0 Å². The number of nitrogens with zero attached hydrogens (tertiary/aromatic N) is 4. The number of ether oxygens (including phenoxy) is 2. The molecule has 0 saturated carbocycles. The number of rotatable bonds is 7. The Hall–Kier alpha value is -2.90. The first-order chi connectivity index (χ1) is 15.0. The molecule has 7 nitrogen and oxygen atoms in total. The number of fused-ring (bicyclic) bond motifs is 1. The highest BCUT2D eigenvalue weighted by atomic mass is 16.5. The Morgan fingerprint density at radius 1 is 1.16 bits per heavy atom. The van der Waals surface area contributed by atoms with Gasteiger partial charge in [0.15, 0.2) is 0 Å². The number of likely N-dealkylation sites (tertiary alicyclic amines) is 1. The second-order valence-electron chi connectivity index (χ2n) is 8.16. The fourth-order valence-corrected chi connectivity index (χ4v) is 3.98. The van der Waals surface area contributed by atoms with Crippen molar-refractivity contribution in [3.05, 3.63) is 54.4 Å². The maximum absolute atomic E-state index is 12.2. The van der Waals surface area contributed by atoms with Gasteiger partial charge in [-0.05, 0) is 49.2 Å². The number of carbonyl (C=O) groups excluding carboxylic acids is 1. The van der Waals surface area contributed by atoms with E-state index in [0.29, 0.717) is 5.56 Å². The molecule has 0 N–H and O–H groups in total. The molecule has 2 aromatic heterocycles. The predicted molar refractivity (Wildman–Crippen MR) is 121 cm³/mol. The fourth-order valence-electron chi connectivity index (χ4n) is 3.98. The van der Waals surface area contributed by atoms with Gasteiger partial charge in [-0.2, -0.15) is 0 Å².